The highest BCUT2D eigenvalue weighted by Gasteiger charge is 2.37. The molecule has 1 aliphatic heterocycles. The van der Waals surface area contributed by atoms with Crippen LogP contribution in [-0.2, 0) is 19.1 Å². The lowest BCUT2D eigenvalue weighted by atomic mass is 10.1. The lowest BCUT2D eigenvalue weighted by Gasteiger charge is -2.08. The largest absolute Gasteiger partial charge is 0.462 e. The predicted octanol–water partition coefficient (Wildman–Crippen LogP) is 2.92. The molecule has 0 saturated carbocycles. The number of H-pyrrole nitrogens is 1. The third-order valence-corrected chi connectivity index (χ3v) is 4.12. The standard InChI is InChI=1S/C20H15FN4O4/c1-2-28-20(27)16-17(26)14(8-11-10-24-18-13(11)4-3-6-23-18)29-19(16)25-12-5-7-22-15(21)9-12/h3-10H,2H2,1H3,(H,22,25)(H,23,24)/b14-8-. The summed E-state index contributed by atoms with van der Waals surface area (Å²) in [5, 5.41) is 3.53. The number of ketones is 1. The molecule has 0 spiro atoms. The summed E-state index contributed by atoms with van der Waals surface area (Å²) in [4.78, 5) is 35.8. The molecule has 0 amide bonds. The Labute approximate surface area is 164 Å². The maximum atomic E-state index is 13.4. The van der Waals surface area contributed by atoms with Crippen molar-refractivity contribution >= 4 is 34.5 Å². The monoisotopic (exact) mass is 394 g/mol. The van der Waals surface area contributed by atoms with Crippen LogP contribution in [0, 0.1) is 5.95 Å². The number of aromatic amines is 1. The minimum atomic E-state index is -0.835. The van der Waals surface area contributed by atoms with Gasteiger partial charge in [0, 0.05) is 41.3 Å². The number of nitrogens with zero attached hydrogens (tertiary/aromatic N) is 2. The van der Waals surface area contributed by atoms with E-state index in [0.717, 1.165) is 11.5 Å². The van der Waals surface area contributed by atoms with E-state index in [9.17, 15) is 14.0 Å². The topological polar surface area (TPSA) is 106 Å². The van der Waals surface area contributed by atoms with Crippen molar-refractivity contribution in [1.29, 1.82) is 0 Å². The van der Waals surface area contributed by atoms with Crippen LogP contribution in [0.4, 0.5) is 10.1 Å². The van der Waals surface area contributed by atoms with Gasteiger partial charge in [0.25, 0.3) is 0 Å². The number of nitrogens with one attached hydrogen (secondary N) is 2. The number of anilines is 1. The molecule has 0 unspecified atom stereocenters. The smallest absolute Gasteiger partial charge is 0.347 e. The average Bonchev–Trinajstić information content (AvgIpc) is 3.24. The first kappa shape index (κ1) is 18.4. The first-order valence-corrected chi connectivity index (χ1v) is 8.73. The van der Waals surface area contributed by atoms with Crippen LogP contribution in [-0.4, -0.2) is 33.3 Å². The molecule has 2 N–H and O–H groups in total. The summed E-state index contributed by atoms with van der Waals surface area (Å²) in [6.07, 6.45) is 6.07. The molecule has 3 aromatic heterocycles. The van der Waals surface area contributed by atoms with Crippen LogP contribution < -0.4 is 5.32 Å². The maximum absolute atomic E-state index is 13.4. The molecular weight excluding hydrogens is 379 g/mol. The Hall–Kier alpha value is -4.01. The van der Waals surface area contributed by atoms with Gasteiger partial charge in [0.05, 0.1) is 6.61 Å². The zero-order valence-electron chi connectivity index (χ0n) is 15.2. The van der Waals surface area contributed by atoms with E-state index in [1.165, 1.54) is 18.3 Å². The Kier molecular flexibility index (Phi) is 4.78. The van der Waals surface area contributed by atoms with E-state index in [4.69, 9.17) is 9.47 Å². The summed E-state index contributed by atoms with van der Waals surface area (Å²) in [7, 11) is 0. The van der Waals surface area contributed by atoms with Crippen LogP contribution >= 0.6 is 0 Å². The van der Waals surface area contributed by atoms with Crippen LogP contribution in [0.3, 0.4) is 0 Å². The highest BCUT2D eigenvalue weighted by molar-refractivity contribution is 6.26. The lowest BCUT2D eigenvalue weighted by molar-refractivity contribution is -0.139. The van der Waals surface area contributed by atoms with Crippen molar-refractivity contribution in [2.24, 2.45) is 0 Å². The highest BCUT2D eigenvalue weighted by Crippen LogP contribution is 2.30. The maximum Gasteiger partial charge on any atom is 0.347 e. The van der Waals surface area contributed by atoms with Gasteiger partial charge in [-0.25, -0.2) is 14.8 Å². The number of rotatable bonds is 5. The van der Waals surface area contributed by atoms with Gasteiger partial charge in [0.15, 0.2) is 11.3 Å². The molecule has 0 bridgehead atoms. The Morgan fingerprint density at radius 3 is 3.00 bits per heavy atom. The molecule has 146 valence electrons. The van der Waals surface area contributed by atoms with E-state index in [0.29, 0.717) is 11.2 Å². The zero-order chi connectivity index (χ0) is 20.4. The number of allylic oxidation sites excluding steroid dienone is 1. The first-order valence-electron chi connectivity index (χ1n) is 8.73. The normalized spacial score (nSPS) is 15.1. The number of carbonyl (C=O) groups excluding carboxylic acids is 2. The molecule has 3 aromatic rings. The number of pyridine rings is 2. The molecule has 9 heteroatoms. The number of hydrogen-bond donors (Lipinski definition) is 2. The predicted molar refractivity (Wildman–Crippen MR) is 102 cm³/mol. The van der Waals surface area contributed by atoms with Crippen LogP contribution in [0.25, 0.3) is 17.1 Å². The van der Waals surface area contributed by atoms with Gasteiger partial charge in [-0.1, -0.05) is 0 Å². The molecule has 0 fully saturated rings. The SMILES string of the molecule is CCOC(=O)C1=C(Nc2ccnc(F)c2)O/C(=C\c2c[nH]c3ncccc23)C1=O. The number of Topliss-reactive ketones (excluding diaryl/α,β-unsaturated/α-hetero) is 1. The van der Waals surface area contributed by atoms with Gasteiger partial charge in [0.1, 0.15) is 5.65 Å². The summed E-state index contributed by atoms with van der Waals surface area (Å²) < 4.78 is 24.0. The van der Waals surface area contributed by atoms with E-state index < -0.39 is 17.7 Å². The first-order chi connectivity index (χ1) is 14.1. The molecule has 0 radical (unpaired) electrons. The van der Waals surface area contributed by atoms with Crippen molar-refractivity contribution in [3.63, 3.8) is 0 Å². The van der Waals surface area contributed by atoms with Crippen LogP contribution in [0.2, 0.25) is 0 Å². The van der Waals surface area contributed by atoms with E-state index >= 15 is 0 Å². The molecule has 1 aliphatic rings. The van der Waals surface area contributed by atoms with Crippen molar-refractivity contribution in [3.8, 4) is 0 Å². The number of ether oxygens (including phenoxy) is 2. The van der Waals surface area contributed by atoms with Gasteiger partial charge in [-0.05, 0) is 31.2 Å². The summed E-state index contributed by atoms with van der Waals surface area (Å²) in [6, 6.07) is 6.18. The number of aromatic nitrogens is 3. The van der Waals surface area contributed by atoms with Crippen LogP contribution in [0.15, 0.2) is 60.1 Å². The number of fused-ring (bicyclic) bond motifs is 1. The summed E-state index contributed by atoms with van der Waals surface area (Å²) in [5.74, 6) is -2.41. The average molecular weight is 394 g/mol. The fraction of sp³-hybridized carbons (Fsp3) is 0.100. The zero-order valence-corrected chi connectivity index (χ0v) is 15.2. The Balaban J connectivity index is 1.71. The minimum absolute atomic E-state index is 0.0742. The quantitative estimate of drug-likeness (QED) is 0.297. The minimum Gasteiger partial charge on any atom is -0.462 e. The number of halogens is 1. The summed E-state index contributed by atoms with van der Waals surface area (Å²) in [5.41, 5.74) is 1.28. The van der Waals surface area contributed by atoms with Gasteiger partial charge in [-0.3, -0.25) is 4.79 Å². The fourth-order valence-corrected chi connectivity index (χ4v) is 2.85. The highest BCUT2D eigenvalue weighted by atomic mass is 19.1. The van der Waals surface area contributed by atoms with Gasteiger partial charge >= 0.3 is 5.97 Å². The third-order valence-electron chi connectivity index (χ3n) is 4.12. The van der Waals surface area contributed by atoms with Gasteiger partial charge in [0.2, 0.25) is 17.6 Å². The molecule has 0 aliphatic carbocycles. The van der Waals surface area contributed by atoms with Crippen molar-refractivity contribution in [1.82, 2.24) is 15.0 Å². The van der Waals surface area contributed by atoms with Gasteiger partial charge in [-0.2, -0.15) is 4.39 Å². The number of esters is 1. The van der Waals surface area contributed by atoms with Crippen molar-refractivity contribution in [3.05, 3.63) is 71.6 Å². The van der Waals surface area contributed by atoms with Crippen molar-refractivity contribution in [2.45, 2.75) is 6.92 Å². The van der Waals surface area contributed by atoms with E-state index in [1.54, 1.807) is 25.4 Å². The number of hydrogen-bond acceptors (Lipinski definition) is 7. The Morgan fingerprint density at radius 2 is 2.21 bits per heavy atom. The second kappa shape index (κ2) is 7.55. The second-order valence-electron chi connectivity index (χ2n) is 6.00. The van der Waals surface area contributed by atoms with Crippen molar-refractivity contribution < 1.29 is 23.5 Å². The van der Waals surface area contributed by atoms with Crippen LogP contribution in [0.1, 0.15) is 12.5 Å². The van der Waals surface area contributed by atoms with Gasteiger partial charge < -0.3 is 19.8 Å². The summed E-state index contributed by atoms with van der Waals surface area (Å²) >= 11 is 0. The van der Waals surface area contributed by atoms with Gasteiger partial charge in [-0.15, -0.1) is 0 Å². The van der Waals surface area contributed by atoms with E-state index in [-0.39, 0.29) is 29.5 Å². The molecule has 0 aromatic carbocycles. The Bertz CT molecular complexity index is 1180. The molecule has 4 heterocycles. The molecular formula is C20H15FN4O4. The second-order valence-corrected chi connectivity index (χ2v) is 6.00. The third kappa shape index (κ3) is 3.57. The molecule has 8 nitrogen and oxygen atoms in total. The molecule has 0 atom stereocenters. The Morgan fingerprint density at radius 1 is 1.34 bits per heavy atom. The molecule has 29 heavy (non-hydrogen) atoms. The summed E-state index contributed by atoms with van der Waals surface area (Å²) in [6.45, 7) is 1.71. The van der Waals surface area contributed by atoms with E-state index in [2.05, 4.69) is 20.3 Å². The molecule has 4 rings (SSSR count). The van der Waals surface area contributed by atoms with Crippen molar-refractivity contribution in [2.75, 3.05) is 11.9 Å². The molecule has 0 saturated heterocycles. The van der Waals surface area contributed by atoms with Crippen LogP contribution in [0.5, 0.6) is 0 Å². The van der Waals surface area contributed by atoms with E-state index in [1.807, 2.05) is 6.07 Å². The fourth-order valence-electron chi connectivity index (χ4n) is 2.85. The number of carbonyl (C=O) groups is 2. The lowest BCUT2D eigenvalue weighted by Crippen LogP contribution is -2.16.